The van der Waals surface area contributed by atoms with Gasteiger partial charge >= 0.3 is 4.88 Å². The normalized spacial score (nSPS) is 9.73. The molecule has 0 aliphatic heterocycles. The molecule has 0 aliphatic rings. The van der Waals surface area contributed by atoms with Crippen LogP contribution in [-0.4, -0.2) is 4.88 Å². The molecule has 1 rings (SSSR count). The summed E-state index contributed by atoms with van der Waals surface area (Å²) in [7, 11) is 0. The summed E-state index contributed by atoms with van der Waals surface area (Å²) in [5.74, 6) is 0. The van der Waals surface area contributed by atoms with Gasteiger partial charge in [-0.05, 0) is 31.9 Å². The van der Waals surface area contributed by atoms with Gasteiger partial charge in [-0.3, -0.25) is 0 Å². The fourth-order valence-corrected chi connectivity index (χ4v) is 2.56. The molecule has 0 saturated heterocycles. The first kappa shape index (κ1) is 9.70. The molecule has 1 aromatic heterocycles. The average Bonchev–Trinajstić information content (AvgIpc) is 2.10. The average molecular weight is 365 g/mol. The first-order chi connectivity index (χ1) is 5.09. The van der Waals surface area contributed by atoms with Crippen LogP contribution in [0.1, 0.15) is 0 Å². The van der Waals surface area contributed by atoms with Crippen LogP contribution in [0.15, 0.2) is 14.3 Å². The Bertz CT molecular complexity index is 264. The van der Waals surface area contributed by atoms with Crippen LogP contribution >= 0.6 is 59.1 Å². The molecule has 1 heterocycles. The molecule has 0 aliphatic carbocycles. The van der Waals surface area contributed by atoms with E-state index in [-0.39, 0.29) is 0 Å². The minimum Gasteiger partial charge on any atom is -0.407 e. The molecule has 0 fully saturated rings. The standard InChI is InChI=1S/C5HBr3O2S/c6-2-1-3(10-5(8)9)11-4(2)7/h1H. The van der Waals surface area contributed by atoms with Gasteiger partial charge in [0, 0.05) is 26.5 Å². The Morgan fingerprint density at radius 1 is 1.55 bits per heavy atom. The first-order valence-corrected chi connectivity index (χ1v) is 5.61. The second kappa shape index (κ2) is 4.02. The van der Waals surface area contributed by atoms with Crippen molar-refractivity contribution in [3.05, 3.63) is 14.3 Å². The molecule has 0 saturated carbocycles. The molecule has 0 atom stereocenters. The molecule has 60 valence electrons. The van der Waals surface area contributed by atoms with E-state index in [1.54, 1.807) is 6.07 Å². The number of halogens is 3. The zero-order valence-electron chi connectivity index (χ0n) is 4.94. The van der Waals surface area contributed by atoms with E-state index < -0.39 is 4.88 Å². The number of thiophene rings is 1. The van der Waals surface area contributed by atoms with Crippen molar-refractivity contribution >= 4 is 64.0 Å². The maximum absolute atomic E-state index is 10.4. The Morgan fingerprint density at radius 3 is 2.55 bits per heavy atom. The Balaban J connectivity index is 2.81. The van der Waals surface area contributed by atoms with Crippen LogP contribution < -0.4 is 4.74 Å². The lowest BCUT2D eigenvalue weighted by Gasteiger charge is -1.90. The van der Waals surface area contributed by atoms with Crippen molar-refractivity contribution in [1.82, 2.24) is 0 Å². The summed E-state index contributed by atoms with van der Waals surface area (Å²) in [4.78, 5) is 9.92. The Kier molecular flexibility index (Phi) is 3.54. The summed E-state index contributed by atoms with van der Waals surface area (Å²) >= 11 is 10.5. The van der Waals surface area contributed by atoms with E-state index in [0.29, 0.717) is 5.06 Å². The predicted octanol–water partition coefficient (Wildman–Crippen LogP) is 4.17. The molecule has 0 radical (unpaired) electrons. The molecule has 0 amide bonds. The quantitative estimate of drug-likeness (QED) is 0.699. The van der Waals surface area contributed by atoms with Gasteiger partial charge in [-0.25, -0.2) is 4.79 Å². The molecular weight excluding hydrogens is 364 g/mol. The highest BCUT2D eigenvalue weighted by atomic mass is 79.9. The third-order valence-electron chi connectivity index (χ3n) is 0.803. The molecule has 1 aromatic rings. The molecule has 0 N–H and O–H groups in total. The molecule has 0 bridgehead atoms. The molecule has 11 heavy (non-hydrogen) atoms. The fourth-order valence-electron chi connectivity index (χ4n) is 0.456. The topological polar surface area (TPSA) is 26.3 Å². The summed E-state index contributed by atoms with van der Waals surface area (Å²) in [6.45, 7) is 0. The van der Waals surface area contributed by atoms with Crippen molar-refractivity contribution in [3.8, 4) is 5.06 Å². The molecule has 2 nitrogen and oxygen atoms in total. The first-order valence-electron chi connectivity index (χ1n) is 2.41. The highest BCUT2D eigenvalue weighted by Crippen LogP contribution is 2.37. The zero-order chi connectivity index (χ0) is 8.43. The second-order valence-corrected chi connectivity index (χ2v) is 5.36. The van der Waals surface area contributed by atoms with Crippen LogP contribution in [0.25, 0.3) is 0 Å². The van der Waals surface area contributed by atoms with Crippen LogP contribution in [0, 0.1) is 0 Å². The van der Waals surface area contributed by atoms with Gasteiger partial charge in [0.05, 0.1) is 3.79 Å². The Labute approximate surface area is 92.3 Å². The number of hydrogen-bond acceptors (Lipinski definition) is 3. The van der Waals surface area contributed by atoms with Crippen molar-refractivity contribution in [2.45, 2.75) is 0 Å². The van der Waals surface area contributed by atoms with Crippen molar-refractivity contribution in [1.29, 1.82) is 0 Å². The SMILES string of the molecule is O=C(Br)Oc1cc(Br)c(Br)s1. The second-order valence-electron chi connectivity index (χ2n) is 1.53. The van der Waals surface area contributed by atoms with E-state index in [0.717, 1.165) is 8.26 Å². The molecule has 0 unspecified atom stereocenters. The third-order valence-corrected chi connectivity index (χ3v) is 4.10. The largest absolute Gasteiger partial charge is 0.407 e. The zero-order valence-corrected chi connectivity index (χ0v) is 10.5. The van der Waals surface area contributed by atoms with E-state index in [9.17, 15) is 4.79 Å². The molecule has 0 spiro atoms. The minimum absolute atomic E-state index is 0.487. The Hall–Kier alpha value is 0.610. The molecular formula is C5HBr3O2S. The van der Waals surface area contributed by atoms with Crippen molar-refractivity contribution in [3.63, 3.8) is 0 Å². The van der Waals surface area contributed by atoms with E-state index in [2.05, 4.69) is 47.8 Å². The number of hydrogen-bond donors (Lipinski definition) is 0. The lowest BCUT2D eigenvalue weighted by Crippen LogP contribution is -1.91. The van der Waals surface area contributed by atoms with E-state index in [1.165, 1.54) is 11.3 Å². The summed E-state index contributed by atoms with van der Waals surface area (Å²) in [6.07, 6.45) is 0. The summed E-state index contributed by atoms with van der Waals surface area (Å²) in [5, 5.41) is 0.547. The smallest absolute Gasteiger partial charge is 0.380 e. The van der Waals surface area contributed by atoms with Gasteiger partial charge in [-0.15, -0.1) is 0 Å². The van der Waals surface area contributed by atoms with Crippen LogP contribution in [0.5, 0.6) is 5.06 Å². The molecule has 6 heteroatoms. The monoisotopic (exact) mass is 362 g/mol. The van der Waals surface area contributed by atoms with Gasteiger partial charge in [-0.1, -0.05) is 11.3 Å². The van der Waals surface area contributed by atoms with Crippen LogP contribution in [0.3, 0.4) is 0 Å². The summed E-state index contributed by atoms with van der Waals surface area (Å²) in [6, 6.07) is 1.72. The lowest BCUT2D eigenvalue weighted by molar-refractivity contribution is 0.229. The van der Waals surface area contributed by atoms with E-state index in [4.69, 9.17) is 4.74 Å². The van der Waals surface area contributed by atoms with Gasteiger partial charge in [-0.2, -0.15) is 0 Å². The van der Waals surface area contributed by atoms with Gasteiger partial charge in [0.2, 0.25) is 0 Å². The molecule has 0 aromatic carbocycles. The number of carbonyl (C=O) groups is 1. The maximum atomic E-state index is 10.4. The fraction of sp³-hybridized carbons (Fsp3) is 0. The van der Waals surface area contributed by atoms with Gasteiger partial charge < -0.3 is 4.74 Å². The summed E-state index contributed by atoms with van der Waals surface area (Å²) in [5.41, 5.74) is 0. The third kappa shape index (κ3) is 2.85. The van der Waals surface area contributed by atoms with Gasteiger partial charge in [0.25, 0.3) is 0 Å². The minimum atomic E-state index is -0.487. The van der Waals surface area contributed by atoms with Crippen LogP contribution in [0.4, 0.5) is 4.79 Å². The van der Waals surface area contributed by atoms with Crippen molar-refractivity contribution in [2.75, 3.05) is 0 Å². The van der Waals surface area contributed by atoms with E-state index in [1.807, 2.05) is 0 Å². The van der Waals surface area contributed by atoms with Crippen molar-refractivity contribution < 1.29 is 9.53 Å². The maximum Gasteiger partial charge on any atom is 0.380 e. The number of carbonyl (C=O) groups excluding carboxylic acids is 1. The van der Waals surface area contributed by atoms with Crippen LogP contribution in [-0.2, 0) is 0 Å². The Morgan fingerprint density at radius 2 is 2.18 bits per heavy atom. The van der Waals surface area contributed by atoms with Crippen molar-refractivity contribution in [2.24, 2.45) is 0 Å². The highest BCUT2D eigenvalue weighted by Gasteiger charge is 2.06. The van der Waals surface area contributed by atoms with Crippen LogP contribution in [0.2, 0.25) is 0 Å². The number of rotatable bonds is 1. The van der Waals surface area contributed by atoms with Gasteiger partial charge in [0.1, 0.15) is 0 Å². The lowest BCUT2D eigenvalue weighted by atomic mass is 10.6. The van der Waals surface area contributed by atoms with E-state index >= 15 is 0 Å². The number of ether oxygens (including phenoxy) is 1. The predicted molar refractivity (Wildman–Crippen MR) is 54.7 cm³/mol. The highest BCUT2D eigenvalue weighted by molar-refractivity contribution is 9.18. The summed E-state index contributed by atoms with van der Waals surface area (Å²) < 4.78 is 6.54. The van der Waals surface area contributed by atoms with Gasteiger partial charge in [0.15, 0.2) is 5.06 Å².